The van der Waals surface area contributed by atoms with Gasteiger partial charge in [-0.3, -0.25) is 4.68 Å². The highest BCUT2D eigenvalue weighted by Crippen LogP contribution is 2.24. The molecule has 102 valence electrons. The maximum Gasteiger partial charge on any atom is 0.0537 e. The lowest BCUT2D eigenvalue weighted by Crippen LogP contribution is -2.22. The van der Waals surface area contributed by atoms with Gasteiger partial charge in [-0.1, -0.05) is 29.8 Å². The van der Waals surface area contributed by atoms with Gasteiger partial charge in [0.1, 0.15) is 0 Å². The van der Waals surface area contributed by atoms with E-state index in [1.807, 2.05) is 29.1 Å². The van der Waals surface area contributed by atoms with Gasteiger partial charge < -0.3 is 5.32 Å². The summed E-state index contributed by atoms with van der Waals surface area (Å²) in [5.41, 5.74) is 2.32. The van der Waals surface area contributed by atoms with Gasteiger partial charge in [0.05, 0.1) is 6.20 Å². The number of benzene rings is 1. The first-order chi connectivity index (χ1) is 9.11. The summed E-state index contributed by atoms with van der Waals surface area (Å²) in [5, 5.41) is 8.66. The second kappa shape index (κ2) is 6.22. The van der Waals surface area contributed by atoms with E-state index < -0.39 is 0 Å². The highest BCUT2D eigenvalue weighted by Gasteiger charge is 2.14. The average Bonchev–Trinajstić information content (AvgIpc) is 2.88. The molecule has 0 radical (unpaired) electrons. The maximum atomic E-state index is 6.22. The third-order valence-electron chi connectivity index (χ3n) is 3.35. The standard InChI is InChI=1S/C15H20ClN3/c1-4-19-10-13(9-17-19)11(2)18-12(3)14-7-5-6-8-15(14)16/h5-12,18H,4H2,1-3H3. The third-order valence-corrected chi connectivity index (χ3v) is 3.69. The van der Waals surface area contributed by atoms with E-state index in [0.29, 0.717) is 0 Å². The van der Waals surface area contributed by atoms with Crippen LogP contribution in [0.4, 0.5) is 0 Å². The summed E-state index contributed by atoms with van der Waals surface area (Å²) < 4.78 is 1.94. The fourth-order valence-corrected chi connectivity index (χ4v) is 2.46. The highest BCUT2D eigenvalue weighted by atomic mass is 35.5. The first-order valence-electron chi connectivity index (χ1n) is 6.64. The van der Waals surface area contributed by atoms with Gasteiger partial charge in [0, 0.05) is 35.4 Å². The largest absolute Gasteiger partial charge is 0.303 e. The fraction of sp³-hybridized carbons (Fsp3) is 0.400. The highest BCUT2D eigenvalue weighted by molar-refractivity contribution is 6.31. The number of hydrogen-bond acceptors (Lipinski definition) is 2. The van der Waals surface area contributed by atoms with Crippen molar-refractivity contribution in [3.63, 3.8) is 0 Å². The quantitative estimate of drug-likeness (QED) is 0.896. The van der Waals surface area contributed by atoms with Gasteiger partial charge in [-0.05, 0) is 32.4 Å². The summed E-state index contributed by atoms with van der Waals surface area (Å²) in [6.07, 6.45) is 4.00. The van der Waals surface area contributed by atoms with Crippen LogP contribution in [-0.2, 0) is 6.54 Å². The van der Waals surface area contributed by atoms with Gasteiger partial charge in [-0.2, -0.15) is 5.10 Å². The number of nitrogens with one attached hydrogen (secondary N) is 1. The molecule has 3 nitrogen and oxygen atoms in total. The second-order valence-corrected chi connectivity index (χ2v) is 5.17. The SMILES string of the molecule is CCn1cc(C(C)NC(C)c2ccccc2Cl)cn1. The Balaban J connectivity index is 2.06. The van der Waals surface area contributed by atoms with Gasteiger partial charge in [0.15, 0.2) is 0 Å². The molecule has 2 aromatic rings. The number of halogens is 1. The Kier molecular flexibility index (Phi) is 4.61. The number of hydrogen-bond donors (Lipinski definition) is 1. The Morgan fingerprint density at radius 3 is 2.63 bits per heavy atom. The van der Waals surface area contributed by atoms with Crippen LogP contribution in [0.5, 0.6) is 0 Å². The Hall–Kier alpha value is -1.32. The predicted octanol–water partition coefficient (Wildman–Crippen LogP) is 3.97. The van der Waals surface area contributed by atoms with Crippen LogP contribution in [0.2, 0.25) is 5.02 Å². The molecule has 0 aliphatic heterocycles. The Morgan fingerprint density at radius 1 is 1.26 bits per heavy atom. The van der Waals surface area contributed by atoms with Crippen LogP contribution in [0, 0.1) is 0 Å². The molecule has 19 heavy (non-hydrogen) atoms. The molecule has 4 heteroatoms. The summed E-state index contributed by atoms with van der Waals surface area (Å²) in [5.74, 6) is 0. The lowest BCUT2D eigenvalue weighted by Gasteiger charge is -2.20. The zero-order chi connectivity index (χ0) is 13.8. The maximum absolute atomic E-state index is 6.22. The molecule has 1 heterocycles. The number of nitrogens with zero attached hydrogens (tertiary/aromatic N) is 2. The van der Waals surface area contributed by atoms with Crippen LogP contribution in [0.15, 0.2) is 36.7 Å². The number of aromatic nitrogens is 2. The van der Waals surface area contributed by atoms with E-state index in [1.165, 1.54) is 5.56 Å². The smallest absolute Gasteiger partial charge is 0.0537 e. The monoisotopic (exact) mass is 277 g/mol. The zero-order valence-corrected chi connectivity index (χ0v) is 12.4. The predicted molar refractivity (Wildman–Crippen MR) is 79.3 cm³/mol. The van der Waals surface area contributed by atoms with E-state index in [0.717, 1.165) is 17.1 Å². The normalized spacial score (nSPS) is 14.3. The Morgan fingerprint density at radius 2 is 2.00 bits per heavy atom. The van der Waals surface area contributed by atoms with Crippen LogP contribution in [-0.4, -0.2) is 9.78 Å². The first-order valence-corrected chi connectivity index (χ1v) is 7.02. The molecule has 0 saturated carbocycles. The van der Waals surface area contributed by atoms with Crippen molar-refractivity contribution < 1.29 is 0 Å². The van der Waals surface area contributed by atoms with Crippen molar-refractivity contribution in [1.29, 1.82) is 0 Å². The van der Waals surface area contributed by atoms with Crippen molar-refractivity contribution in [3.8, 4) is 0 Å². The van der Waals surface area contributed by atoms with Gasteiger partial charge in [0.25, 0.3) is 0 Å². The topological polar surface area (TPSA) is 29.9 Å². The van der Waals surface area contributed by atoms with Gasteiger partial charge in [0.2, 0.25) is 0 Å². The van der Waals surface area contributed by atoms with Crippen LogP contribution in [0.3, 0.4) is 0 Å². The summed E-state index contributed by atoms with van der Waals surface area (Å²) in [6.45, 7) is 7.25. The van der Waals surface area contributed by atoms with Crippen molar-refractivity contribution >= 4 is 11.6 Å². The summed E-state index contributed by atoms with van der Waals surface area (Å²) in [4.78, 5) is 0. The molecule has 1 aromatic carbocycles. The summed E-state index contributed by atoms with van der Waals surface area (Å²) in [6, 6.07) is 8.39. The van der Waals surface area contributed by atoms with Crippen molar-refractivity contribution in [2.24, 2.45) is 0 Å². The molecule has 1 aromatic heterocycles. The first kappa shape index (κ1) is 14.1. The van der Waals surface area contributed by atoms with Crippen molar-refractivity contribution in [2.75, 3.05) is 0 Å². The average molecular weight is 278 g/mol. The zero-order valence-electron chi connectivity index (χ0n) is 11.6. The molecular formula is C15H20ClN3. The van der Waals surface area contributed by atoms with Gasteiger partial charge in [-0.15, -0.1) is 0 Å². The molecule has 2 unspecified atom stereocenters. The minimum absolute atomic E-state index is 0.202. The van der Waals surface area contributed by atoms with E-state index in [9.17, 15) is 0 Å². The van der Waals surface area contributed by atoms with E-state index in [1.54, 1.807) is 0 Å². The molecule has 0 bridgehead atoms. The Labute approximate surface area is 119 Å². The molecule has 0 fully saturated rings. The molecule has 2 atom stereocenters. The lowest BCUT2D eigenvalue weighted by atomic mass is 10.1. The van der Waals surface area contributed by atoms with Gasteiger partial charge in [-0.25, -0.2) is 0 Å². The summed E-state index contributed by atoms with van der Waals surface area (Å²) in [7, 11) is 0. The van der Waals surface area contributed by atoms with E-state index in [-0.39, 0.29) is 12.1 Å². The molecule has 1 N–H and O–H groups in total. The number of aryl methyl sites for hydroxylation is 1. The molecule has 0 aliphatic carbocycles. The third kappa shape index (κ3) is 3.37. The van der Waals surface area contributed by atoms with Crippen LogP contribution in [0.1, 0.15) is 44.0 Å². The molecule has 0 saturated heterocycles. The van der Waals surface area contributed by atoms with Crippen LogP contribution >= 0.6 is 11.6 Å². The Bertz CT molecular complexity index is 536. The molecule has 2 rings (SSSR count). The molecule has 0 aliphatic rings. The summed E-state index contributed by atoms with van der Waals surface area (Å²) >= 11 is 6.22. The van der Waals surface area contributed by atoms with Crippen molar-refractivity contribution in [2.45, 2.75) is 39.4 Å². The van der Waals surface area contributed by atoms with Crippen LogP contribution < -0.4 is 5.32 Å². The second-order valence-electron chi connectivity index (χ2n) is 4.76. The van der Waals surface area contributed by atoms with E-state index in [4.69, 9.17) is 11.6 Å². The minimum Gasteiger partial charge on any atom is -0.303 e. The van der Waals surface area contributed by atoms with Gasteiger partial charge >= 0.3 is 0 Å². The van der Waals surface area contributed by atoms with E-state index in [2.05, 4.69) is 43.4 Å². The molecule has 0 amide bonds. The minimum atomic E-state index is 0.202. The number of rotatable bonds is 5. The molecule has 0 spiro atoms. The van der Waals surface area contributed by atoms with E-state index >= 15 is 0 Å². The molecular weight excluding hydrogens is 258 g/mol. The van der Waals surface area contributed by atoms with Crippen LogP contribution in [0.25, 0.3) is 0 Å². The van der Waals surface area contributed by atoms with Crippen molar-refractivity contribution in [3.05, 3.63) is 52.8 Å². The lowest BCUT2D eigenvalue weighted by molar-refractivity contribution is 0.494. The fourth-order valence-electron chi connectivity index (χ4n) is 2.16. The van der Waals surface area contributed by atoms with Crippen molar-refractivity contribution in [1.82, 2.24) is 15.1 Å².